The lowest BCUT2D eigenvalue weighted by Crippen LogP contribution is -2.32. The van der Waals surface area contributed by atoms with Crippen molar-refractivity contribution in [2.24, 2.45) is 5.92 Å². The SMILES string of the molecule is Cc1csc(CNC(=O)CC2CCNCC2)n1. The number of thiazole rings is 1. The Morgan fingerprint density at radius 2 is 2.35 bits per heavy atom. The summed E-state index contributed by atoms with van der Waals surface area (Å²) in [5.74, 6) is 0.707. The number of aromatic nitrogens is 1. The maximum Gasteiger partial charge on any atom is 0.220 e. The predicted octanol–water partition coefficient (Wildman–Crippen LogP) is 1.46. The van der Waals surface area contributed by atoms with Crippen LogP contribution >= 0.6 is 11.3 Å². The van der Waals surface area contributed by atoms with Crippen molar-refractivity contribution in [3.8, 4) is 0 Å². The van der Waals surface area contributed by atoms with E-state index < -0.39 is 0 Å². The van der Waals surface area contributed by atoms with Crippen LogP contribution < -0.4 is 10.6 Å². The second-order valence-corrected chi connectivity index (χ2v) is 5.50. The van der Waals surface area contributed by atoms with Gasteiger partial charge >= 0.3 is 0 Å². The zero-order valence-corrected chi connectivity index (χ0v) is 11.0. The molecule has 0 bridgehead atoms. The molecule has 0 aromatic carbocycles. The Morgan fingerprint density at radius 3 is 3.00 bits per heavy atom. The van der Waals surface area contributed by atoms with Gasteiger partial charge in [0.2, 0.25) is 5.91 Å². The fourth-order valence-corrected chi connectivity index (χ4v) is 2.79. The van der Waals surface area contributed by atoms with Crippen LogP contribution in [0.4, 0.5) is 0 Å². The van der Waals surface area contributed by atoms with Crippen molar-refractivity contribution in [1.29, 1.82) is 0 Å². The number of nitrogens with zero attached hydrogens (tertiary/aromatic N) is 1. The summed E-state index contributed by atoms with van der Waals surface area (Å²) < 4.78 is 0. The predicted molar refractivity (Wildman–Crippen MR) is 68.9 cm³/mol. The topological polar surface area (TPSA) is 54.0 Å². The van der Waals surface area contributed by atoms with E-state index in [0.717, 1.165) is 36.6 Å². The molecule has 4 nitrogen and oxygen atoms in total. The van der Waals surface area contributed by atoms with E-state index >= 15 is 0 Å². The molecule has 1 aliphatic rings. The first-order valence-electron chi connectivity index (χ1n) is 6.12. The minimum atomic E-state index is 0.157. The molecule has 1 amide bonds. The van der Waals surface area contributed by atoms with E-state index in [1.54, 1.807) is 11.3 Å². The summed E-state index contributed by atoms with van der Waals surface area (Å²) in [6.45, 7) is 4.63. The van der Waals surface area contributed by atoms with Crippen molar-refractivity contribution in [3.63, 3.8) is 0 Å². The Bertz CT molecular complexity index is 372. The molecule has 2 rings (SSSR count). The lowest BCUT2D eigenvalue weighted by molar-refractivity contribution is -0.122. The zero-order chi connectivity index (χ0) is 12.1. The van der Waals surface area contributed by atoms with Crippen LogP contribution in [-0.2, 0) is 11.3 Å². The Balaban J connectivity index is 1.70. The zero-order valence-electron chi connectivity index (χ0n) is 10.2. The largest absolute Gasteiger partial charge is 0.350 e. The Hall–Kier alpha value is -0.940. The van der Waals surface area contributed by atoms with Gasteiger partial charge in [0, 0.05) is 17.5 Å². The molecule has 1 aromatic heterocycles. The van der Waals surface area contributed by atoms with Crippen LogP contribution in [0.25, 0.3) is 0 Å². The van der Waals surface area contributed by atoms with E-state index in [-0.39, 0.29) is 5.91 Å². The quantitative estimate of drug-likeness (QED) is 0.854. The number of carbonyl (C=O) groups is 1. The van der Waals surface area contributed by atoms with E-state index in [1.165, 1.54) is 0 Å². The van der Waals surface area contributed by atoms with Gasteiger partial charge in [-0.3, -0.25) is 4.79 Å². The highest BCUT2D eigenvalue weighted by Gasteiger charge is 2.16. The van der Waals surface area contributed by atoms with Crippen LogP contribution in [0.15, 0.2) is 5.38 Å². The standard InChI is InChI=1S/C12H19N3OS/c1-9-8-17-12(15-9)7-14-11(16)6-10-2-4-13-5-3-10/h8,10,13H,2-7H2,1H3,(H,14,16). The Morgan fingerprint density at radius 1 is 1.59 bits per heavy atom. The maximum absolute atomic E-state index is 11.7. The maximum atomic E-state index is 11.7. The van der Waals surface area contributed by atoms with Crippen LogP contribution in [0.1, 0.15) is 30.0 Å². The fourth-order valence-electron chi connectivity index (χ4n) is 2.08. The van der Waals surface area contributed by atoms with E-state index in [2.05, 4.69) is 15.6 Å². The number of amides is 1. The van der Waals surface area contributed by atoms with Crippen LogP contribution in [0.3, 0.4) is 0 Å². The van der Waals surface area contributed by atoms with Crippen molar-refractivity contribution in [2.75, 3.05) is 13.1 Å². The minimum Gasteiger partial charge on any atom is -0.350 e. The number of hydrogen-bond donors (Lipinski definition) is 2. The highest BCUT2D eigenvalue weighted by atomic mass is 32.1. The van der Waals surface area contributed by atoms with E-state index in [1.807, 2.05) is 12.3 Å². The van der Waals surface area contributed by atoms with Gasteiger partial charge in [-0.15, -0.1) is 11.3 Å². The average molecular weight is 253 g/mol. The van der Waals surface area contributed by atoms with Crippen molar-refractivity contribution in [2.45, 2.75) is 32.7 Å². The number of hydrogen-bond acceptors (Lipinski definition) is 4. The van der Waals surface area contributed by atoms with Gasteiger partial charge in [0.15, 0.2) is 0 Å². The average Bonchev–Trinajstić information content (AvgIpc) is 2.74. The number of nitrogens with one attached hydrogen (secondary N) is 2. The molecule has 1 aliphatic heterocycles. The molecule has 1 aromatic rings. The van der Waals surface area contributed by atoms with Gasteiger partial charge in [-0.2, -0.15) is 0 Å². The number of piperidine rings is 1. The molecule has 1 fully saturated rings. The molecule has 5 heteroatoms. The molecule has 17 heavy (non-hydrogen) atoms. The third kappa shape index (κ3) is 4.09. The third-order valence-electron chi connectivity index (χ3n) is 3.04. The normalized spacial score (nSPS) is 17.0. The molecule has 0 aliphatic carbocycles. The summed E-state index contributed by atoms with van der Waals surface area (Å²) in [6.07, 6.45) is 2.89. The first-order valence-corrected chi connectivity index (χ1v) is 7.00. The van der Waals surface area contributed by atoms with Crippen molar-refractivity contribution in [1.82, 2.24) is 15.6 Å². The monoisotopic (exact) mass is 253 g/mol. The second kappa shape index (κ2) is 6.12. The fraction of sp³-hybridized carbons (Fsp3) is 0.667. The van der Waals surface area contributed by atoms with Gasteiger partial charge in [-0.25, -0.2) is 4.98 Å². The summed E-state index contributed by atoms with van der Waals surface area (Å²) in [5.41, 5.74) is 1.03. The second-order valence-electron chi connectivity index (χ2n) is 4.56. The molecule has 0 saturated carbocycles. The highest BCUT2D eigenvalue weighted by Crippen LogP contribution is 2.15. The van der Waals surface area contributed by atoms with Gasteiger partial charge in [-0.05, 0) is 38.8 Å². The van der Waals surface area contributed by atoms with Gasteiger partial charge < -0.3 is 10.6 Å². The van der Waals surface area contributed by atoms with Crippen molar-refractivity contribution in [3.05, 3.63) is 16.1 Å². The first kappa shape index (κ1) is 12.5. The molecule has 1 saturated heterocycles. The Kier molecular flexibility index (Phi) is 4.50. The minimum absolute atomic E-state index is 0.157. The summed E-state index contributed by atoms with van der Waals surface area (Å²) in [6, 6.07) is 0. The molecule has 0 radical (unpaired) electrons. The van der Waals surface area contributed by atoms with Crippen LogP contribution in [-0.4, -0.2) is 24.0 Å². The summed E-state index contributed by atoms with van der Waals surface area (Å²) in [7, 11) is 0. The smallest absolute Gasteiger partial charge is 0.220 e. The van der Waals surface area contributed by atoms with Crippen LogP contribution in [0.2, 0.25) is 0 Å². The van der Waals surface area contributed by atoms with Gasteiger partial charge in [0.05, 0.1) is 6.54 Å². The molecule has 2 N–H and O–H groups in total. The highest BCUT2D eigenvalue weighted by molar-refractivity contribution is 7.09. The molecule has 0 unspecified atom stereocenters. The van der Waals surface area contributed by atoms with Gasteiger partial charge in [0.25, 0.3) is 0 Å². The molecular formula is C12H19N3OS. The molecular weight excluding hydrogens is 234 g/mol. The number of carbonyl (C=O) groups excluding carboxylic acids is 1. The molecule has 2 heterocycles. The Labute approximate surface area is 106 Å². The molecule has 94 valence electrons. The first-order chi connectivity index (χ1) is 8.24. The lowest BCUT2D eigenvalue weighted by Gasteiger charge is -2.21. The van der Waals surface area contributed by atoms with Gasteiger partial charge in [-0.1, -0.05) is 0 Å². The third-order valence-corrected chi connectivity index (χ3v) is 4.00. The molecule has 0 spiro atoms. The number of rotatable bonds is 4. The van der Waals surface area contributed by atoms with E-state index in [4.69, 9.17) is 0 Å². The van der Waals surface area contributed by atoms with Crippen molar-refractivity contribution < 1.29 is 4.79 Å². The summed E-state index contributed by atoms with van der Waals surface area (Å²) >= 11 is 1.60. The summed E-state index contributed by atoms with van der Waals surface area (Å²) in [5, 5.41) is 9.25. The van der Waals surface area contributed by atoms with Crippen molar-refractivity contribution >= 4 is 17.2 Å². The van der Waals surface area contributed by atoms with E-state index in [9.17, 15) is 4.79 Å². The molecule has 0 atom stereocenters. The van der Waals surface area contributed by atoms with E-state index in [0.29, 0.717) is 18.9 Å². The lowest BCUT2D eigenvalue weighted by atomic mass is 9.94. The van der Waals surface area contributed by atoms with Gasteiger partial charge in [0.1, 0.15) is 5.01 Å². The number of aryl methyl sites for hydroxylation is 1. The van der Waals surface area contributed by atoms with Crippen LogP contribution in [0.5, 0.6) is 0 Å². The summed E-state index contributed by atoms with van der Waals surface area (Å²) in [4.78, 5) is 16.1. The van der Waals surface area contributed by atoms with Crippen LogP contribution in [0, 0.1) is 12.8 Å².